The first-order valence-electron chi connectivity index (χ1n) is 9.20. The highest BCUT2D eigenvalue weighted by Gasteiger charge is 2.14. The fourth-order valence-electron chi connectivity index (χ4n) is 2.97. The van der Waals surface area contributed by atoms with Crippen LogP contribution in [0.4, 0.5) is 0 Å². The number of thioether (sulfide) groups is 1. The van der Waals surface area contributed by atoms with E-state index in [2.05, 4.69) is 10.3 Å². The summed E-state index contributed by atoms with van der Waals surface area (Å²) in [6.07, 6.45) is 1.82. The van der Waals surface area contributed by atoms with Gasteiger partial charge in [0.05, 0.1) is 18.1 Å². The molecule has 1 aromatic heterocycles. The number of rotatable bonds is 8. The molecule has 3 aromatic rings. The quantitative estimate of drug-likeness (QED) is 0.554. The van der Waals surface area contributed by atoms with Gasteiger partial charge in [-0.25, -0.2) is 4.98 Å². The average molecular weight is 411 g/mol. The van der Waals surface area contributed by atoms with Gasteiger partial charge in [0.25, 0.3) is 0 Å². The molecule has 7 nitrogen and oxygen atoms in total. The summed E-state index contributed by atoms with van der Waals surface area (Å²) >= 11 is 1.35. The second-order valence-corrected chi connectivity index (χ2v) is 7.48. The Labute approximate surface area is 172 Å². The monoisotopic (exact) mass is 411 g/mol. The molecule has 2 N–H and O–H groups in total. The largest absolute Gasteiger partial charge is 0.454 e. The highest BCUT2D eigenvalue weighted by molar-refractivity contribution is 7.99. The van der Waals surface area contributed by atoms with E-state index in [0.717, 1.165) is 16.9 Å². The van der Waals surface area contributed by atoms with Crippen LogP contribution in [-0.4, -0.2) is 33.1 Å². The van der Waals surface area contributed by atoms with E-state index in [1.807, 2.05) is 59.3 Å². The Balaban J connectivity index is 1.33. The van der Waals surface area contributed by atoms with E-state index in [1.165, 1.54) is 11.8 Å². The summed E-state index contributed by atoms with van der Waals surface area (Å²) in [5, 5.41) is 13.0. The molecule has 1 aliphatic heterocycles. The van der Waals surface area contributed by atoms with Crippen molar-refractivity contribution in [3.63, 3.8) is 0 Å². The van der Waals surface area contributed by atoms with Gasteiger partial charge in [0.15, 0.2) is 16.7 Å². The predicted molar refractivity (Wildman–Crippen MR) is 109 cm³/mol. The third-order valence-corrected chi connectivity index (χ3v) is 5.40. The minimum atomic E-state index is -0.133. The topological polar surface area (TPSA) is 85.6 Å². The van der Waals surface area contributed by atoms with Gasteiger partial charge in [-0.3, -0.25) is 4.79 Å². The number of imidazole rings is 1. The van der Waals surface area contributed by atoms with E-state index in [9.17, 15) is 9.90 Å². The van der Waals surface area contributed by atoms with Crippen LogP contribution < -0.4 is 14.8 Å². The van der Waals surface area contributed by atoms with Crippen molar-refractivity contribution < 1.29 is 19.4 Å². The molecule has 0 unspecified atom stereocenters. The maximum atomic E-state index is 12.3. The molecule has 0 radical (unpaired) electrons. The number of aromatic nitrogens is 2. The molecule has 8 heteroatoms. The van der Waals surface area contributed by atoms with E-state index >= 15 is 0 Å². The minimum absolute atomic E-state index is 0.0903. The van der Waals surface area contributed by atoms with E-state index in [1.54, 1.807) is 0 Å². The summed E-state index contributed by atoms with van der Waals surface area (Å²) in [5.74, 6) is 1.57. The zero-order valence-electron chi connectivity index (χ0n) is 15.7. The third kappa shape index (κ3) is 4.90. The van der Waals surface area contributed by atoms with Crippen LogP contribution in [0.25, 0.3) is 0 Å². The smallest absolute Gasteiger partial charge is 0.231 e. The van der Waals surface area contributed by atoms with Crippen LogP contribution in [0, 0.1) is 0 Å². The molecule has 1 aliphatic rings. The number of ether oxygens (including phenoxy) is 2. The lowest BCUT2D eigenvalue weighted by molar-refractivity contribution is -0.118. The van der Waals surface area contributed by atoms with E-state index in [0.29, 0.717) is 29.7 Å². The number of carbonyl (C=O) groups excluding carboxylic acids is 1. The maximum Gasteiger partial charge on any atom is 0.231 e. The zero-order chi connectivity index (χ0) is 20.1. The second kappa shape index (κ2) is 9.02. The van der Waals surface area contributed by atoms with Crippen LogP contribution in [0.1, 0.15) is 16.8 Å². The van der Waals surface area contributed by atoms with Crippen molar-refractivity contribution in [1.29, 1.82) is 0 Å². The lowest BCUT2D eigenvalue weighted by atomic mass is 10.2. The van der Waals surface area contributed by atoms with Crippen molar-refractivity contribution in [2.24, 2.45) is 0 Å². The first-order valence-corrected chi connectivity index (χ1v) is 10.2. The highest BCUT2D eigenvalue weighted by Crippen LogP contribution is 2.32. The molecular weight excluding hydrogens is 390 g/mol. The Kier molecular flexibility index (Phi) is 6.02. The van der Waals surface area contributed by atoms with Crippen LogP contribution in [0.15, 0.2) is 59.9 Å². The lowest BCUT2D eigenvalue weighted by Gasteiger charge is -2.08. The van der Waals surface area contributed by atoms with Gasteiger partial charge in [0, 0.05) is 19.3 Å². The van der Waals surface area contributed by atoms with Crippen molar-refractivity contribution in [2.75, 3.05) is 12.5 Å². The van der Waals surface area contributed by atoms with Gasteiger partial charge < -0.3 is 24.5 Å². The fourth-order valence-corrected chi connectivity index (χ4v) is 3.80. The van der Waals surface area contributed by atoms with Crippen molar-refractivity contribution >= 4 is 17.7 Å². The zero-order valence-corrected chi connectivity index (χ0v) is 16.5. The Morgan fingerprint density at radius 2 is 1.97 bits per heavy atom. The third-order valence-electron chi connectivity index (χ3n) is 4.41. The normalized spacial score (nSPS) is 12.2. The van der Waals surface area contributed by atoms with E-state index in [-0.39, 0.29) is 25.1 Å². The summed E-state index contributed by atoms with van der Waals surface area (Å²) in [6, 6.07) is 15.6. The molecule has 0 saturated heterocycles. The molecule has 0 bridgehead atoms. The highest BCUT2D eigenvalue weighted by atomic mass is 32.2. The molecule has 29 heavy (non-hydrogen) atoms. The van der Waals surface area contributed by atoms with Crippen molar-refractivity contribution in [1.82, 2.24) is 14.9 Å². The molecule has 0 fully saturated rings. The predicted octanol–water partition coefficient (Wildman–Crippen LogP) is 2.56. The maximum absolute atomic E-state index is 12.3. The van der Waals surface area contributed by atoms with Crippen molar-refractivity contribution in [3.8, 4) is 11.5 Å². The van der Waals surface area contributed by atoms with Gasteiger partial charge in [0.1, 0.15) is 0 Å². The Bertz CT molecular complexity index is 991. The Morgan fingerprint density at radius 1 is 1.14 bits per heavy atom. The van der Waals surface area contributed by atoms with E-state index in [4.69, 9.17) is 9.47 Å². The molecule has 150 valence electrons. The van der Waals surface area contributed by atoms with Crippen LogP contribution in [0.2, 0.25) is 0 Å². The molecule has 0 spiro atoms. The van der Waals surface area contributed by atoms with Gasteiger partial charge in [0.2, 0.25) is 12.7 Å². The number of nitrogens with zero attached hydrogens (tertiary/aromatic N) is 2. The van der Waals surface area contributed by atoms with Gasteiger partial charge in [-0.15, -0.1) is 0 Å². The summed E-state index contributed by atoms with van der Waals surface area (Å²) in [4.78, 5) is 16.7. The van der Waals surface area contributed by atoms with Gasteiger partial charge >= 0.3 is 0 Å². The summed E-state index contributed by atoms with van der Waals surface area (Å²) in [7, 11) is 0. The summed E-state index contributed by atoms with van der Waals surface area (Å²) in [6.45, 7) is 1.14. The Morgan fingerprint density at radius 3 is 2.79 bits per heavy atom. The van der Waals surface area contributed by atoms with Gasteiger partial charge in [-0.05, 0) is 23.3 Å². The number of hydrogen-bond acceptors (Lipinski definition) is 6. The molecule has 2 heterocycles. The average Bonchev–Trinajstić information content (AvgIpc) is 3.37. The standard InChI is InChI=1S/C21H21N3O4S/c25-12-17-11-24(10-15-4-2-1-3-5-15)21(23-17)29-13-20(26)22-9-16-6-7-18-19(8-16)28-14-27-18/h1-8,11,25H,9-10,12-14H2,(H,22,26). The number of aliphatic hydroxyl groups excluding tert-OH is 1. The van der Waals surface area contributed by atoms with Crippen molar-refractivity contribution in [3.05, 3.63) is 71.5 Å². The van der Waals surface area contributed by atoms with Gasteiger partial charge in [-0.1, -0.05) is 48.2 Å². The van der Waals surface area contributed by atoms with E-state index < -0.39 is 0 Å². The molecule has 0 aliphatic carbocycles. The van der Waals surface area contributed by atoms with Crippen LogP contribution in [0.5, 0.6) is 11.5 Å². The molecule has 0 atom stereocenters. The first kappa shape index (κ1) is 19.4. The molecule has 1 amide bonds. The van der Waals surface area contributed by atoms with Crippen LogP contribution in [-0.2, 0) is 24.5 Å². The Hall–Kier alpha value is -2.97. The number of fused-ring (bicyclic) bond motifs is 1. The number of aliphatic hydroxyl groups is 1. The van der Waals surface area contributed by atoms with Crippen LogP contribution in [0.3, 0.4) is 0 Å². The number of benzene rings is 2. The lowest BCUT2D eigenvalue weighted by Crippen LogP contribution is -2.24. The molecule has 0 saturated carbocycles. The van der Waals surface area contributed by atoms with Crippen LogP contribution >= 0.6 is 11.8 Å². The number of carbonyl (C=O) groups is 1. The summed E-state index contributed by atoms with van der Waals surface area (Å²) in [5.41, 5.74) is 2.66. The number of hydrogen-bond donors (Lipinski definition) is 2. The second-order valence-electron chi connectivity index (χ2n) is 6.54. The number of amides is 1. The molecule has 4 rings (SSSR count). The number of nitrogens with one attached hydrogen (secondary N) is 1. The first-order chi connectivity index (χ1) is 14.2. The molecular formula is C21H21N3O4S. The fraction of sp³-hybridized carbons (Fsp3) is 0.238. The van der Waals surface area contributed by atoms with Crippen molar-refractivity contribution in [2.45, 2.75) is 24.9 Å². The SMILES string of the molecule is O=C(CSc1nc(CO)cn1Cc1ccccc1)NCc1ccc2c(c1)OCO2. The molecule has 2 aromatic carbocycles. The summed E-state index contributed by atoms with van der Waals surface area (Å²) < 4.78 is 12.6. The minimum Gasteiger partial charge on any atom is -0.454 e. The van der Waals surface area contributed by atoms with Gasteiger partial charge in [-0.2, -0.15) is 0 Å².